The molecule has 1 atom stereocenters. The summed E-state index contributed by atoms with van der Waals surface area (Å²) in [6.45, 7) is 6.10. The smallest absolute Gasteiger partial charge is 0.251 e. The van der Waals surface area contributed by atoms with E-state index in [4.69, 9.17) is 0 Å². The van der Waals surface area contributed by atoms with Crippen molar-refractivity contribution in [3.63, 3.8) is 0 Å². The Morgan fingerprint density at radius 3 is 2.21 bits per heavy atom. The molecule has 0 heterocycles. The standard InChI is InChI=1S/C22H29N3O2S/c1-4-25(5-2)19-13-11-18(12-14-19)23-22(27)20(15-16-28-3)24-21(26)17-9-7-6-8-10-17/h6-14,20H,4-5,15-16H2,1-3H3,(H,23,27)(H,24,26)/t20-/m1/s1. The quantitative estimate of drug-likeness (QED) is 0.633. The molecule has 2 aromatic carbocycles. The van der Waals surface area contributed by atoms with E-state index in [-0.39, 0.29) is 11.8 Å². The molecule has 6 heteroatoms. The van der Waals surface area contributed by atoms with Gasteiger partial charge < -0.3 is 15.5 Å². The van der Waals surface area contributed by atoms with Gasteiger partial charge in [-0.15, -0.1) is 0 Å². The summed E-state index contributed by atoms with van der Waals surface area (Å²) in [5.74, 6) is 0.348. The Morgan fingerprint density at radius 2 is 1.64 bits per heavy atom. The topological polar surface area (TPSA) is 61.4 Å². The van der Waals surface area contributed by atoms with Crippen LogP contribution in [0, 0.1) is 0 Å². The molecule has 2 N–H and O–H groups in total. The van der Waals surface area contributed by atoms with E-state index in [2.05, 4.69) is 29.4 Å². The summed E-state index contributed by atoms with van der Waals surface area (Å²) in [6.07, 6.45) is 2.56. The van der Waals surface area contributed by atoms with Gasteiger partial charge in [0.1, 0.15) is 6.04 Å². The van der Waals surface area contributed by atoms with Crippen molar-refractivity contribution in [2.45, 2.75) is 26.3 Å². The maximum absolute atomic E-state index is 12.8. The van der Waals surface area contributed by atoms with Crippen LogP contribution in [0.3, 0.4) is 0 Å². The zero-order chi connectivity index (χ0) is 20.4. The van der Waals surface area contributed by atoms with E-state index in [0.717, 1.165) is 30.2 Å². The predicted octanol–water partition coefficient (Wildman–Crippen LogP) is 4.02. The van der Waals surface area contributed by atoms with Crippen molar-refractivity contribution in [1.82, 2.24) is 5.32 Å². The Balaban J connectivity index is 2.04. The number of anilines is 2. The maximum Gasteiger partial charge on any atom is 0.251 e. The third kappa shape index (κ3) is 6.30. The number of hydrogen-bond donors (Lipinski definition) is 2. The average Bonchev–Trinajstić information content (AvgIpc) is 2.73. The molecule has 150 valence electrons. The van der Waals surface area contributed by atoms with E-state index in [1.54, 1.807) is 23.9 Å². The molecule has 5 nitrogen and oxygen atoms in total. The van der Waals surface area contributed by atoms with Crippen molar-refractivity contribution in [3.05, 3.63) is 60.2 Å². The van der Waals surface area contributed by atoms with Crippen molar-refractivity contribution >= 4 is 35.0 Å². The number of hydrogen-bond acceptors (Lipinski definition) is 4. The molecule has 0 aliphatic heterocycles. The highest BCUT2D eigenvalue weighted by Gasteiger charge is 2.21. The highest BCUT2D eigenvalue weighted by molar-refractivity contribution is 7.98. The summed E-state index contributed by atoms with van der Waals surface area (Å²) in [7, 11) is 0. The van der Waals surface area contributed by atoms with Crippen molar-refractivity contribution < 1.29 is 9.59 Å². The molecule has 2 rings (SSSR count). The first kappa shape index (κ1) is 21.8. The molecular formula is C22H29N3O2S. The highest BCUT2D eigenvalue weighted by atomic mass is 32.2. The first-order valence-electron chi connectivity index (χ1n) is 9.59. The van der Waals surface area contributed by atoms with Gasteiger partial charge in [-0.05, 0) is 68.7 Å². The molecule has 0 fully saturated rings. The van der Waals surface area contributed by atoms with Gasteiger partial charge in [-0.1, -0.05) is 18.2 Å². The second-order valence-corrected chi connectivity index (χ2v) is 7.37. The summed E-state index contributed by atoms with van der Waals surface area (Å²) < 4.78 is 0. The van der Waals surface area contributed by atoms with Crippen LogP contribution in [-0.2, 0) is 4.79 Å². The fourth-order valence-electron chi connectivity index (χ4n) is 2.91. The Hall–Kier alpha value is -2.47. The van der Waals surface area contributed by atoms with Gasteiger partial charge in [0.15, 0.2) is 0 Å². The number of nitrogens with one attached hydrogen (secondary N) is 2. The van der Waals surface area contributed by atoms with Crippen LogP contribution < -0.4 is 15.5 Å². The largest absolute Gasteiger partial charge is 0.372 e. The van der Waals surface area contributed by atoms with Gasteiger partial charge in [0.25, 0.3) is 5.91 Å². The lowest BCUT2D eigenvalue weighted by molar-refractivity contribution is -0.118. The summed E-state index contributed by atoms with van der Waals surface area (Å²) >= 11 is 1.65. The summed E-state index contributed by atoms with van der Waals surface area (Å²) in [5, 5.41) is 5.79. The SMILES string of the molecule is CCN(CC)c1ccc(NC(=O)[C@@H](CCSC)NC(=O)c2ccccc2)cc1. The Kier molecular flexibility index (Phi) is 8.88. The Morgan fingerprint density at radius 1 is 1.00 bits per heavy atom. The lowest BCUT2D eigenvalue weighted by Gasteiger charge is -2.22. The molecule has 0 unspecified atom stereocenters. The zero-order valence-corrected chi connectivity index (χ0v) is 17.6. The monoisotopic (exact) mass is 399 g/mol. The molecule has 0 saturated heterocycles. The Labute approximate surface area is 171 Å². The summed E-state index contributed by atoms with van der Waals surface area (Å²) in [6, 6.07) is 16.2. The molecule has 28 heavy (non-hydrogen) atoms. The second kappa shape index (κ2) is 11.4. The third-order valence-electron chi connectivity index (χ3n) is 4.53. The van der Waals surface area contributed by atoms with E-state index in [1.807, 2.05) is 48.7 Å². The number of rotatable bonds is 10. The van der Waals surface area contributed by atoms with Crippen LogP contribution in [-0.4, -0.2) is 43.0 Å². The first-order chi connectivity index (χ1) is 13.6. The van der Waals surface area contributed by atoms with Crippen LogP contribution in [0.2, 0.25) is 0 Å². The molecular weight excluding hydrogens is 370 g/mol. The first-order valence-corrected chi connectivity index (χ1v) is 11.0. The van der Waals surface area contributed by atoms with Gasteiger partial charge in [-0.25, -0.2) is 0 Å². The van der Waals surface area contributed by atoms with Crippen LogP contribution in [0.4, 0.5) is 11.4 Å². The van der Waals surface area contributed by atoms with E-state index in [1.165, 1.54) is 0 Å². The van der Waals surface area contributed by atoms with Crippen LogP contribution in [0.1, 0.15) is 30.6 Å². The molecule has 0 spiro atoms. The number of carbonyl (C=O) groups is 2. The molecule has 0 aliphatic rings. The minimum absolute atomic E-state index is 0.200. The molecule has 2 aromatic rings. The lowest BCUT2D eigenvalue weighted by atomic mass is 10.1. The normalized spacial score (nSPS) is 11.5. The predicted molar refractivity (Wildman–Crippen MR) is 119 cm³/mol. The summed E-state index contributed by atoms with van der Waals surface area (Å²) in [5.41, 5.74) is 2.40. The number of carbonyl (C=O) groups excluding carboxylic acids is 2. The number of amides is 2. The lowest BCUT2D eigenvalue weighted by Crippen LogP contribution is -2.44. The fraction of sp³-hybridized carbons (Fsp3) is 0.364. The molecule has 2 amide bonds. The molecule has 0 aliphatic carbocycles. The van der Waals surface area contributed by atoms with Crippen LogP contribution in [0.25, 0.3) is 0 Å². The average molecular weight is 400 g/mol. The van der Waals surface area contributed by atoms with E-state index >= 15 is 0 Å². The van der Waals surface area contributed by atoms with Gasteiger partial charge in [0, 0.05) is 30.0 Å². The fourth-order valence-corrected chi connectivity index (χ4v) is 3.38. The highest BCUT2D eigenvalue weighted by Crippen LogP contribution is 2.18. The maximum atomic E-state index is 12.8. The second-order valence-electron chi connectivity index (χ2n) is 6.38. The minimum atomic E-state index is -0.581. The van der Waals surface area contributed by atoms with Gasteiger partial charge >= 0.3 is 0 Å². The van der Waals surface area contributed by atoms with Crippen molar-refractivity contribution in [1.29, 1.82) is 0 Å². The van der Waals surface area contributed by atoms with E-state index < -0.39 is 6.04 Å². The number of thioether (sulfide) groups is 1. The number of nitrogens with zero attached hydrogens (tertiary/aromatic N) is 1. The molecule has 0 aromatic heterocycles. The third-order valence-corrected chi connectivity index (χ3v) is 5.18. The molecule has 0 saturated carbocycles. The molecule has 0 radical (unpaired) electrons. The van der Waals surface area contributed by atoms with Crippen LogP contribution in [0.5, 0.6) is 0 Å². The van der Waals surface area contributed by atoms with Gasteiger partial charge in [0.05, 0.1) is 0 Å². The van der Waals surface area contributed by atoms with E-state index in [0.29, 0.717) is 12.0 Å². The minimum Gasteiger partial charge on any atom is -0.372 e. The van der Waals surface area contributed by atoms with Crippen molar-refractivity contribution in [2.75, 3.05) is 35.3 Å². The van der Waals surface area contributed by atoms with Crippen LogP contribution >= 0.6 is 11.8 Å². The van der Waals surface area contributed by atoms with Crippen LogP contribution in [0.15, 0.2) is 54.6 Å². The van der Waals surface area contributed by atoms with Crippen molar-refractivity contribution in [3.8, 4) is 0 Å². The van der Waals surface area contributed by atoms with Gasteiger partial charge in [-0.2, -0.15) is 11.8 Å². The Bertz CT molecular complexity index is 746. The molecule has 0 bridgehead atoms. The number of benzene rings is 2. The zero-order valence-electron chi connectivity index (χ0n) is 16.8. The van der Waals surface area contributed by atoms with Gasteiger partial charge in [-0.3, -0.25) is 9.59 Å². The van der Waals surface area contributed by atoms with E-state index in [9.17, 15) is 9.59 Å². The summed E-state index contributed by atoms with van der Waals surface area (Å²) in [4.78, 5) is 27.5. The van der Waals surface area contributed by atoms with Gasteiger partial charge in [0.2, 0.25) is 5.91 Å². The van der Waals surface area contributed by atoms with Crippen molar-refractivity contribution in [2.24, 2.45) is 0 Å².